The van der Waals surface area contributed by atoms with Gasteiger partial charge in [0, 0.05) is 6.54 Å². The van der Waals surface area contributed by atoms with Crippen molar-refractivity contribution in [3.05, 3.63) is 82.9 Å². The average Bonchev–Trinajstić information content (AvgIpc) is 2.81. The zero-order chi connectivity index (χ0) is 23.3. The molecule has 0 spiro atoms. The van der Waals surface area contributed by atoms with Crippen LogP contribution < -0.4 is 5.32 Å². The Bertz CT molecular complexity index is 1100. The molecule has 0 radical (unpaired) electrons. The molecule has 0 aliphatic carbocycles. The highest BCUT2D eigenvalue weighted by Gasteiger charge is 2.28. The van der Waals surface area contributed by atoms with Gasteiger partial charge in [-0.1, -0.05) is 54.6 Å². The number of aliphatic hydroxyl groups excluding tert-OH is 3. The summed E-state index contributed by atoms with van der Waals surface area (Å²) >= 11 is 0. The molecule has 0 aliphatic heterocycles. The molecule has 0 unspecified atom stereocenters. The first kappa shape index (κ1) is 23.6. The summed E-state index contributed by atoms with van der Waals surface area (Å²) < 4.78 is 0. The van der Waals surface area contributed by atoms with Crippen LogP contribution in [0, 0.1) is 13.8 Å². The standard InChI is InChI=1S/C26H29NO5/c1-17-7-5-12-23(24(17)13-27-26(14-28,15-29)16-30)22-9-4-3-8-21(22)19-10-6-11-20(18(19)2)25(31)32/h3-12,27-30H,13-16H2,1-2H3,(H,31,32). The Balaban J connectivity index is 2.13. The fourth-order valence-corrected chi connectivity index (χ4v) is 3.89. The second kappa shape index (κ2) is 10.1. The number of hydrogen-bond donors (Lipinski definition) is 5. The van der Waals surface area contributed by atoms with Gasteiger partial charge in [0.2, 0.25) is 0 Å². The highest BCUT2D eigenvalue weighted by Crippen LogP contribution is 2.37. The highest BCUT2D eigenvalue weighted by atomic mass is 16.4. The van der Waals surface area contributed by atoms with Gasteiger partial charge in [0.15, 0.2) is 0 Å². The van der Waals surface area contributed by atoms with Gasteiger partial charge in [-0.05, 0) is 58.9 Å². The first-order chi connectivity index (χ1) is 15.4. The molecule has 0 fully saturated rings. The van der Waals surface area contributed by atoms with E-state index in [1.807, 2.05) is 62.4 Å². The Kier molecular flexibility index (Phi) is 7.43. The van der Waals surface area contributed by atoms with Crippen molar-refractivity contribution in [3.8, 4) is 22.3 Å². The van der Waals surface area contributed by atoms with Gasteiger partial charge in [-0.2, -0.15) is 0 Å². The van der Waals surface area contributed by atoms with Crippen molar-refractivity contribution in [2.45, 2.75) is 25.9 Å². The minimum atomic E-state index is -1.19. The van der Waals surface area contributed by atoms with Gasteiger partial charge in [0.1, 0.15) is 0 Å². The molecule has 6 nitrogen and oxygen atoms in total. The average molecular weight is 436 g/mol. The maximum Gasteiger partial charge on any atom is 0.335 e. The molecule has 5 N–H and O–H groups in total. The normalized spacial score (nSPS) is 11.5. The van der Waals surface area contributed by atoms with Crippen LogP contribution in [0.15, 0.2) is 60.7 Å². The molecule has 6 heteroatoms. The lowest BCUT2D eigenvalue weighted by molar-refractivity contribution is 0.0413. The molecular formula is C26H29NO5. The minimum Gasteiger partial charge on any atom is -0.478 e. The van der Waals surface area contributed by atoms with E-state index >= 15 is 0 Å². The fraction of sp³-hybridized carbons (Fsp3) is 0.269. The highest BCUT2D eigenvalue weighted by molar-refractivity contribution is 5.94. The Labute approximate surface area is 187 Å². The van der Waals surface area contributed by atoms with Crippen LogP contribution in [0.2, 0.25) is 0 Å². The van der Waals surface area contributed by atoms with Crippen molar-refractivity contribution in [3.63, 3.8) is 0 Å². The van der Waals surface area contributed by atoms with Crippen LogP contribution in [0.5, 0.6) is 0 Å². The number of aryl methyl sites for hydroxylation is 1. The fourth-order valence-electron chi connectivity index (χ4n) is 3.89. The molecule has 0 heterocycles. The molecule has 32 heavy (non-hydrogen) atoms. The Morgan fingerprint density at radius 2 is 1.31 bits per heavy atom. The van der Waals surface area contributed by atoms with Crippen LogP contribution in [-0.4, -0.2) is 51.8 Å². The van der Waals surface area contributed by atoms with E-state index in [0.29, 0.717) is 12.1 Å². The summed E-state index contributed by atoms with van der Waals surface area (Å²) in [5.41, 5.74) is 5.41. The third kappa shape index (κ3) is 4.59. The Hall–Kier alpha value is -3.03. The number of benzene rings is 3. The quantitative estimate of drug-likeness (QED) is 0.353. The first-order valence-electron chi connectivity index (χ1n) is 10.5. The van der Waals surface area contributed by atoms with Gasteiger partial charge in [-0.3, -0.25) is 0 Å². The maximum absolute atomic E-state index is 11.7. The number of carboxylic acids is 1. The van der Waals surface area contributed by atoms with Crippen LogP contribution >= 0.6 is 0 Å². The van der Waals surface area contributed by atoms with Crippen LogP contribution in [-0.2, 0) is 6.54 Å². The van der Waals surface area contributed by atoms with E-state index in [2.05, 4.69) is 5.32 Å². The predicted octanol–water partition coefficient (Wildman–Crippen LogP) is 3.14. The summed E-state index contributed by atoms with van der Waals surface area (Å²) in [6.07, 6.45) is 0. The van der Waals surface area contributed by atoms with Crippen molar-refractivity contribution in [1.82, 2.24) is 5.32 Å². The Morgan fingerprint density at radius 1 is 0.781 bits per heavy atom. The van der Waals surface area contributed by atoms with Gasteiger partial charge in [0.25, 0.3) is 0 Å². The van der Waals surface area contributed by atoms with Gasteiger partial charge in [-0.25, -0.2) is 4.79 Å². The van der Waals surface area contributed by atoms with Crippen LogP contribution in [0.1, 0.15) is 27.0 Å². The third-order valence-electron chi connectivity index (χ3n) is 6.03. The molecule has 0 bridgehead atoms. The molecule has 0 amide bonds. The largest absolute Gasteiger partial charge is 0.478 e. The zero-order valence-corrected chi connectivity index (χ0v) is 18.3. The number of carboxylic acid groups (broad SMARTS) is 1. The zero-order valence-electron chi connectivity index (χ0n) is 18.3. The van der Waals surface area contributed by atoms with Crippen molar-refractivity contribution in [1.29, 1.82) is 0 Å². The van der Waals surface area contributed by atoms with E-state index < -0.39 is 31.3 Å². The van der Waals surface area contributed by atoms with E-state index in [-0.39, 0.29) is 5.56 Å². The third-order valence-corrected chi connectivity index (χ3v) is 6.03. The number of nitrogens with one attached hydrogen (secondary N) is 1. The van der Waals surface area contributed by atoms with E-state index in [4.69, 9.17) is 0 Å². The lowest BCUT2D eigenvalue weighted by Gasteiger charge is -2.30. The molecule has 3 aromatic carbocycles. The lowest BCUT2D eigenvalue weighted by Crippen LogP contribution is -2.54. The number of aliphatic hydroxyl groups is 3. The van der Waals surface area contributed by atoms with Gasteiger partial charge in [0.05, 0.1) is 30.9 Å². The van der Waals surface area contributed by atoms with E-state index in [1.54, 1.807) is 12.1 Å². The minimum absolute atomic E-state index is 0.266. The molecule has 0 saturated heterocycles. The smallest absolute Gasteiger partial charge is 0.335 e. The van der Waals surface area contributed by atoms with Crippen molar-refractivity contribution in [2.24, 2.45) is 0 Å². The number of carbonyl (C=O) groups is 1. The molecule has 0 aliphatic rings. The molecular weight excluding hydrogens is 406 g/mol. The van der Waals surface area contributed by atoms with Crippen LogP contribution in [0.3, 0.4) is 0 Å². The number of rotatable bonds is 9. The Morgan fingerprint density at radius 3 is 1.91 bits per heavy atom. The molecule has 168 valence electrons. The van der Waals surface area contributed by atoms with E-state index in [9.17, 15) is 25.2 Å². The second-order valence-corrected chi connectivity index (χ2v) is 8.04. The van der Waals surface area contributed by atoms with E-state index in [0.717, 1.165) is 33.4 Å². The van der Waals surface area contributed by atoms with Gasteiger partial charge >= 0.3 is 5.97 Å². The number of aromatic carboxylic acids is 1. The topological polar surface area (TPSA) is 110 Å². The maximum atomic E-state index is 11.7. The first-order valence-corrected chi connectivity index (χ1v) is 10.5. The van der Waals surface area contributed by atoms with Crippen LogP contribution in [0.4, 0.5) is 0 Å². The predicted molar refractivity (Wildman–Crippen MR) is 125 cm³/mol. The van der Waals surface area contributed by atoms with Gasteiger partial charge < -0.3 is 25.7 Å². The van der Waals surface area contributed by atoms with Gasteiger partial charge in [-0.15, -0.1) is 0 Å². The summed E-state index contributed by atoms with van der Waals surface area (Å²) in [7, 11) is 0. The lowest BCUT2D eigenvalue weighted by atomic mass is 9.87. The molecule has 0 aromatic heterocycles. The molecule has 3 rings (SSSR count). The summed E-state index contributed by atoms with van der Waals surface area (Å²) in [6.45, 7) is 2.91. The monoisotopic (exact) mass is 435 g/mol. The SMILES string of the molecule is Cc1cccc(-c2ccccc2-c2cccc(C(=O)O)c2C)c1CNC(CO)(CO)CO. The van der Waals surface area contributed by atoms with Crippen molar-refractivity contribution in [2.75, 3.05) is 19.8 Å². The molecule has 0 saturated carbocycles. The van der Waals surface area contributed by atoms with Crippen molar-refractivity contribution < 1.29 is 25.2 Å². The summed E-state index contributed by atoms with van der Waals surface area (Å²) in [5, 5.41) is 41.7. The molecule has 0 atom stereocenters. The van der Waals surface area contributed by atoms with Crippen LogP contribution in [0.25, 0.3) is 22.3 Å². The number of hydrogen-bond acceptors (Lipinski definition) is 5. The summed E-state index contributed by atoms with van der Waals surface area (Å²) in [4.78, 5) is 11.7. The van der Waals surface area contributed by atoms with Crippen molar-refractivity contribution >= 4 is 5.97 Å². The second-order valence-electron chi connectivity index (χ2n) is 8.04. The molecule has 3 aromatic rings. The summed E-state index contributed by atoms with van der Waals surface area (Å²) in [5.74, 6) is -0.962. The summed E-state index contributed by atoms with van der Waals surface area (Å²) in [6, 6.07) is 19.0. The van der Waals surface area contributed by atoms with E-state index in [1.165, 1.54) is 0 Å².